The highest BCUT2D eigenvalue weighted by atomic mass is 19.1. The number of hydrogen-bond donors (Lipinski definition) is 0. The molecule has 4 aromatic rings. The molecule has 0 spiro atoms. The van der Waals surface area contributed by atoms with Crippen LogP contribution in [0.3, 0.4) is 0 Å². The van der Waals surface area contributed by atoms with Crippen molar-refractivity contribution in [3.8, 4) is 11.1 Å². The van der Waals surface area contributed by atoms with Crippen molar-refractivity contribution in [3.05, 3.63) is 131 Å². The number of hydrogen-bond acceptors (Lipinski definition) is 0. The highest BCUT2D eigenvalue weighted by molar-refractivity contribution is 5.72. The van der Waals surface area contributed by atoms with Gasteiger partial charge in [-0.1, -0.05) is 156 Å². The first kappa shape index (κ1) is 29.1. The van der Waals surface area contributed by atoms with E-state index in [4.69, 9.17) is 0 Å². The van der Waals surface area contributed by atoms with Gasteiger partial charge in [-0.2, -0.15) is 0 Å². The van der Waals surface area contributed by atoms with Crippen molar-refractivity contribution in [1.29, 1.82) is 0 Å². The van der Waals surface area contributed by atoms with Crippen molar-refractivity contribution in [2.24, 2.45) is 11.8 Å². The van der Waals surface area contributed by atoms with Gasteiger partial charge in [0.05, 0.1) is 0 Å². The molecule has 1 heteroatoms. The van der Waals surface area contributed by atoms with Gasteiger partial charge in [-0.05, 0) is 76.5 Å². The fourth-order valence-electron chi connectivity index (χ4n) is 6.51. The smallest absolute Gasteiger partial charge is 0.130 e. The van der Waals surface area contributed by atoms with Gasteiger partial charge in [0.25, 0.3) is 0 Å². The zero-order chi connectivity index (χ0) is 28.4. The van der Waals surface area contributed by atoms with Crippen LogP contribution in [0.15, 0.2) is 97.1 Å². The first-order chi connectivity index (χ1) is 20.1. The number of halogens is 1. The van der Waals surface area contributed by atoms with Gasteiger partial charge in [0.15, 0.2) is 0 Å². The van der Waals surface area contributed by atoms with Crippen LogP contribution in [-0.2, 0) is 12.8 Å². The molecule has 4 aromatic carbocycles. The largest absolute Gasteiger partial charge is 0.206 e. The number of rotatable bonds is 11. The van der Waals surface area contributed by atoms with Crippen LogP contribution in [-0.4, -0.2) is 0 Å². The highest BCUT2D eigenvalue weighted by Gasteiger charge is 2.20. The van der Waals surface area contributed by atoms with Crippen LogP contribution in [0.25, 0.3) is 23.3 Å². The minimum atomic E-state index is -0.122. The molecule has 1 saturated carbocycles. The molecule has 0 radical (unpaired) electrons. The Hall–Kier alpha value is -3.45. The van der Waals surface area contributed by atoms with Gasteiger partial charge in [0.2, 0.25) is 0 Å². The maximum atomic E-state index is 14.9. The summed E-state index contributed by atoms with van der Waals surface area (Å²) in [6.07, 6.45) is 15.3. The Morgan fingerprint density at radius 1 is 0.707 bits per heavy atom. The van der Waals surface area contributed by atoms with E-state index < -0.39 is 0 Å². The quantitative estimate of drug-likeness (QED) is 0.165. The van der Waals surface area contributed by atoms with Crippen LogP contribution in [0.2, 0.25) is 0 Å². The summed E-state index contributed by atoms with van der Waals surface area (Å²) in [4.78, 5) is 0. The van der Waals surface area contributed by atoms with E-state index in [0.29, 0.717) is 11.5 Å². The molecule has 1 unspecified atom stereocenters. The standard InChI is InChI=1S/C40H45F/c1-3-7-31-10-12-32(13-11-31)14-15-35-21-27-39(40(41)29-35)26-18-33-16-22-37(23-17-33)38-24-19-34(20-25-38)28-30(2)36-8-5-4-6-9-36/h4-6,8-9,16-27,29-32H,3,7,10-15,28H2,1-2H3. The summed E-state index contributed by atoms with van der Waals surface area (Å²) in [5.74, 6) is 2.13. The fraction of sp³-hybridized carbons (Fsp3) is 0.350. The molecule has 1 atom stereocenters. The number of aryl methyl sites for hydroxylation is 1. The lowest BCUT2D eigenvalue weighted by Crippen LogP contribution is -2.15. The summed E-state index contributed by atoms with van der Waals surface area (Å²) >= 11 is 0. The molecule has 212 valence electrons. The van der Waals surface area contributed by atoms with E-state index in [1.54, 1.807) is 6.07 Å². The van der Waals surface area contributed by atoms with E-state index >= 15 is 0 Å². The second-order valence-corrected chi connectivity index (χ2v) is 12.2. The lowest BCUT2D eigenvalue weighted by molar-refractivity contribution is 0.252. The van der Waals surface area contributed by atoms with Crippen LogP contribution >= 0.6 is 0 Å². The minimum absolute atomic E-state index is 0.122. The minimum Gasteiger partial charge on any atom is -0.206 e. The molecule has 0 bridgehead atoms. The maximum absolute atomic E-state index is 14.9. The SMILES string of the molecule is CCCC1CCC(CCc2ccc(C=Cc3ccc(-c4ccc(CC(C)c5ccccc5)cc4)cc3)c(F)c2)CC1. The number of benzene rings is 4. The average molecular weight is 545 g/mol. The van der Waals surface area contributed by atoms with Crippen LogP contribution in [0, 0.1) is 17.7 Å². The van der Waals surface area contributed by atoms with Gasteiger partial charge >= 0.3 is 0 Å². The van der Waals surface area contributed by atoms with Crippen molar-refractivity contribution in [2.45, 2.75) is 77.6 Å². The molecule has 1 aliphatic carbocycles. The Bertz CT molecular complexity index is 1370. The Kier molecular flexibility index (Phi) is 10.2. The third-order valence-electron chi connectivity index (χ3n) is 9.13. The summed E-state index contributed by atoms with van der Waals surface area (Å²) < 4.78 is 14.9. The molecule has 1 fully saturated rings. The van der Waals surface area contributed by atoms with Crippen molar-refractivity contribution in [2.75, 3.05) is 0 Å². The molecule has 1 aliphatic rings. The normalized spacial score (nSPS) is 18.0. The van der Waals surface area contributed by atoms with Crippen LogP contribution < -0.4 is 0 Å². The Balaban J connectivity index is 1.12. The predicted octanol–water partition coefficient (Wildman–Crippen LogP) is 11.5. The zero-order valence-corrected chi connectivity index (χ0v) is 24.9. The van der Waals surface area contributed by atoms with Gasteiger partial charge in [-0.15, -0.1) is 0 Å². The Labute approximate surface area is 247 Å². The average Bonchev–Trinajstić information content (AvgIpc) is 3.01. The summed E-state index contributed by atoms with van der Waals surface area (Å²) in [6, 6.07) is 33.9. The molecule has 0 aliphatic heterocycles. The van der Waals surface area contributed by atoms with Crippen LogP contribution in [0.1, 0.15) is 92.5 Å². The lowest BCUT2D eigenvalue weighted by Gasteiger charge is -2.28. The maximum Gasteiger partial charge on any atom is 0.130 e. The van der Waals surface area contributed by atoms with Gasteiger partial charge in [-0.25, -0.2) is 4.39 Å². The van der Waals surface area contributed by atoms with Crippen LogP contribution in [0.5, 0.6) is 0 Å². The van der Waals surface area contributed by atoms with E-state index in [-0.39, 0.29) is 5.82 Å². The zero-order valence-electron chi connectivity index (χ0n) is 24.9. The third kappa shape index (κ3) is 8.29. The molecule has 0 aromatic heterocycles. The first-order valence-corrected chi connectivity index (χ1v) is 15.8. The Morgan fingerprint density at radius 2 is 1.32 bits per heavy atom. The molecule has 41 heavy (non-hydrogen) atoms. The molecule has 0 nitrogen and oxygen atoms in total. The van der Waals surface area contributed by atoms with Gasteiger partial charge in [0, 0.05) is 5.56 Å². The van der Waals surface area contributed by atoms with Crippen molar-refractivity contribution in [3.63, 3.8) is 0 Å². The van der Waals surface area contributed by atoms with E-state index in [2.05, 4.69) is 98.8 Å². The van der Waals surface area contributed by atoms with Crippen LogP contribution in [0.4, 0.5) is 4.39 Å². The molecule has 5 rings (SSSR count). The lowest BCUT2D eigenvalue weighted by atomic mass is 9.78. The van der Waals surface area contributed by atoms with E-state index in [0.717, 1.165) is 35.8 Å². The second kappa shape index (κ2) is 14.4. The first-order valence-electron chi connectivity index (χ1n) is 15.8. The molecular formula is C40H45F. The van der Waals surface area contributed by atoms with E-state index in [1.165, 1.54) is 67.2 Å². The molecule has 0 amide bonds. The van der Waals surface area contributed by atoms with Crippen molar-refractivity contribution in [1.82, 2.24) is 0 Å². The highest BCUT2D eigenvalue weighted by Crippen LogP contribution is 2.34. The van der Waals surface area contributed by atoms with Crippen molar-refractivity contribution < 1.29 is 4.39 Å². The van der Waals surface area contributed by atoms with Gasteiger partial charge in [0.1, 0.15) is 5.82 Å². The second-order valence-electron chi connectivity index (χ2n) is 12.2. The third-order valence-corrected chi connectivity index (χ3v) is 9.13. The summed E-state index contributed by atoms with van der Waals surface area (Å²) in [5, 5.41) is 0. The summed E-state index contributed by atoms with van der Waals surface area (Å²) in [7, 11) is 0. The van der Waals surface area contributed by atoms with Gasteiger partial charge in [-0.3, -0.25) is 0 Å². The monoisotopic (exact) mass is 544 g/mol. The summed E-state index contributed by atoms with van der Waals surface area (Å²) in [6.45, 7) is 4.58. The molecular weight excluding hydrogens is 499 g/mol. The Morgan fingerprint density at radius 3 is 1.95 bits per heavy atom. The summed E-state index contributed by atoms with van der Waals surface area (Å²) in [5.41, 5.74) is 7.99. The predicted molar refractivity (Wildman–Crippen MR) is 174 cm³/mol. The van der Waals surface area contributed by atoms with Gasteiger partial charge < -0.3 is 0 Å². The molecule has 0 heterocycles. The van der Waals surface area contributed by atoms with E-state index in [1.807, 2.05) is 18.2 Å². The van der Waals surface area contributed by atoms with Crippen molar-refractivity contribution >= 4 is 12.2 Å². The van der Waals surface area contributed by atoms with E-state index in [9.17, 15) is 4.39 Å². The fourth-order valence-corrected chi connectivity index (χ4v) is 6.51. The molecule has 0 N–H and O–H groups in total. The topological polar surface area (TPSA) is 0 Å². The molecule has 0 saturated heterocycles.